The highest BCUT2D eigenvalue weighted by Crippen LogP contribution is 1.81. The van der Waals surface area contributed by atoms with Crippen LogP contribution in [0, 0.1) is 0 Å². The monoisotopic (exact) mass is 166 g/mol. The molecule has 0 aromatic heterocycles. The highest BCUT2D eigenvalue weighted by Gasteiger charge is 1.96. The first kappa shape index (κ1) is 10.7. The van der Waals surface area contributed by atoms with Gasteiger partial charge in [0.05, 0.1) is 6.61 Å². The zero-order valence-corrected chi connectivity index (χ0v) is 6.99. The zero-order valence-electron chi connectivity index (χ0n) is 6.99. The first-order valence-electron chi connectivity index (χ1n) is 3.53. The van der Waals surface area contributed by atoms with Gasteiger partial charge >= 0.3 is 5.97 Å². The minimum Gasteiger partial charge on any atom is -0.465 e. The van der Waals surface area contributed by atoms with Crippen LogP contribution in [0.5, 0.6) is 0 Å². The summed E-state index contributed by atoms with van der Waals surface area (Å²) in [6, 6.07) is 0. The molecule has 0 saturated heterocycles. The third-order valence-corrected chi connectivity index (χ3v) is 0.959. The Kier molecular flexibility index (Phi) is 5.78. The number of carbonyl (C=O) groups excluding carboxylic acids is 1. The molecular formula is C7H11BN2O2. The molecule has 0 atom stereocenters. The van der Waals surface area contributed by atoms with Gasteiger partial charge < -0.3 is 10.5 Å². The van der Waals surface area contributed by atoms with E-state index in [1.165, 1.54) is 12.4 Å². The van der Waals surface area contributed by atoms with Crippen molar-refractivity contribution < 1.29 is 9.53 Å². The molecule has 2 N–H and O–H groups in total. The molecule has 0 aliphatic rings. The van der Waals surface area contributed by atoms with Crippen molar-refractivity contribution in [3.05, 3.63) is 11.7 Å². The van der Waals surface area contributed by atoms with Gasteiger partial charge in [-0.1, -0.05) is 5.47 Å². The minimum absolute atomic E-state index is 0.0254. The van der Waals surface area contributed by atoms with Gasteiger partial charge in [0.2, 0.25) is 0 Å². The fourth-order valence-corrected chi connectivity index (χ4v) is 0.475. The van der Waals surface area contributed by atoms with Crippen molar-refractivity contribution in [2.24, 2.45) is 10.7 Å². The second-order valence-corrected chi connectivity index (χ2v) is 1.94. The van der Waals surface area contributed by atoms with E-state index < -0.39 is 0 Å². The average Bonchev–Trinajstić information content (AvgIpc) is 2.04. The SMILES string of the molecule is [B]/C(C=NCC(=O)OCC)=C/N. The second-order valence-electron chi connectivity index (χ2n) is 1.94. The number of rotatable bonds is 4. The molecule has 0 aromatic carbocycles. The molecule has 0 saturated carbocycles. The van der Waals surface area contributed by atoms with Crippen LogP contribution in [0.3, 0.4) is 0 Å². The maximum atomic E-state index is 10.7. The lowest BCUT2D eigenvalue weighted by atomic mass is 9.99. The Bertz CT molecular complexity index is 202. The van der Waals surface area contributed by atoms with Gasteiger partial charge in [-0.25, -0.2) is 0 Å². The minimum atomic E-state index is -0.376. The first-order chi connectivity index (χ1) is 5.70. The van der Waals surface area contributed by atoms with Crippen molar-refractivity contribution in [1.29, 1.82) is 0 Å². The quantitative estimate of drug-likeness (QED) is 0.350. The van der Waals surface area contributed by atoms with Crippen LogP contribution in [-0.2, 0) is 9.53 Å². The van der Waals surface area contributed by atoms with Crippen LogP contribution >= 0.6 is 0 Å². The Morgan fingerprint density at radius 1 is 1.75 bits per heavy atom. The van der Waals surface area contributed by atoms with Gasteiger partial charge in [-0.2, -0.15) is 0 Å². The highest BCUT2D eigenvalue weighted by molar-refractivity contribution is 6.32. The molecular weight excluding hydrogens is 155 g/mol. The highest BCUT2D eigenvalue weighted by atomic mass is 16.5. The van der Waals surface area contributed by atoms with Gasteiger partial charge in [0, 0.05) is 6.21 Å². The summed E-state index contributed by atoms with van der Waals surface area (Å²) in [4.78, 5) is 14.4. The van der Waals surface area contributed by atoms with Crippen molar-refractivity contribution in [2.75, 3.05) is 13.2 Å². The molecule has 0 aromatic rings. The van der Waals surface area contributed by atoms with E-state index >= 15 is 0 Å². The van der Waals surface area contributed by atoms with Crippen molar-refractivity contribution in [2.45, 2.75) is 6.92 Å². The normalized spacial score (nSPS) is 11.9. The van der Waals surface area contributed by atoms with E-state index in [4.69, 9.17) is 13.6 Å². The predicted molar refractivity (Wildman–Crippen MR) is 48.0 cm³/mol. The van der Waals surface area contributed by atoms with Gasteiger partial charge in [0.25, 0.3) is 0 Å². The molecule has 12 heavy (non-hydrogen) atoms. The lowest BCUT2D eigenvalue weighted by molar-refractivity contribution is -0.141. The van der Waals surface area contributed by atoms with Crippen LogP contribution in [0.1, 0.15) is 6.92 Å². The predicted octanol–water partition coefficient (Wildman–Crippen LogP) is -0.411. The zero-order chi connectivity index (χ0) is 9.40. The molecule has 0 amide bonds. The number of carbonyl (C=O) groups is 1. The van der Waals surface area contributed by atoms with Crippen molar-refractivity contribution in [3.63, 3.8) is 0 Å². The van der Waals surface area contributed by atoms with Crippen LogP contribution < -0.4 is 5.73 Å². The van der Waals surface area contributed by atoms with E-state index in [0.717, 1.165) is 0 Å². The van der Waals surface area contributed by atoms with E-state index in [9.17, 15) is 4.79 Å². The topological polar surface area (TPSA) is 64.7 Å². The molecule has 0 aliphatic carbocycles. The number of hydrogen-bond acceptors (Lipinski definition) is 4. The Morgan fingerprint density at radius 2 is 2.42 bits per heavy atom. The van der Waals surface area contributed by atoms with Crippen LogP contribution in [0.15, 0.2) is 16.7 Å². The number of allylic oxidation sites excluding steroid dienone is 1. The summed E-state index contributed by atoms with van der Waals surface area (Å²) in [6.45, 7) is 2.06. The Morgan fingerprint density at radius 3 is 2.92 bits per heavy atom. The number of nitrogens with zero attached hydrogens (tertiary/aromatic N) is 1. The molecule has 0 unspecified atom stereocenters. The summed E-state index contributed by atoms with van der Waals surface area (Å²) < 4.78 is 4.61. The summed E-state index contributed by atoms with van der Waals surface area (Å²) in [7, 11) is 5.27. The average molecular weight is 166 g/mol. The molecule has 0 heterocycles. The summed E-state index contributed by atoms with van der Waals surface area (Å²) in [5.41, 5.74) is 5.37. The van der Waals surface area contributed by atoms with E-state index in [1.54, 1.807) is 6.92 Å². The molecule has 0 aliphatic heterocycles. The maximum Gasteiger partial charge on any atom is 0.327 e. The number of esters is 1. The summed E-state index contributed by atoms with van der Waals surface area (Å²) in [5.74, 6) is -0.376. The second kappa shape index (κ2) is 6.45. The summed E-state index contributed by atoms with van der Waals surface area (Å²) >= 11 is 0. The lowest BCUT2D eigenvalue weighted by Gasteiger charge is -1.96. The third-order valence-electron chi connectivity index (χ3n) is 0.959. The summed E-state index contributed by atoms with van der Waals surface area (Å²) in [6.07, 6.45) is 2.52. The molecule has 0 rings (SSSR count). The standard InChI is InChI=1S/C7H11BN2O2/c1-2-12-7(11)5-10-4-6(8)3-9/h3-4H,2,5,9H2,1H3/b6-3+,10-4?. The molecule has 64 valence electrons. The fourth-order valence-electron chi connectivity index (χ4n) is 0.475. The Labute approximate surface area is 72.9 Å². The van der Waals surface area contributed by atoms with Crippen LogP contribution in [0.25, 0.3) is 0 Å². The van der Waals surface area contributed by atoms with Crippen molar-refractivity contribution in [3.8, 4) is 0 Å². The van der Waals surface area contributed by atoms with E-state index in [-0.39, 0.29) is 12.5 Å². The lowest BCUT2D eigenvalue weighted by Crippen LogP contribution is -2.07. The molecule has 0 fully saturated rings. The molecule has 2 radical (unpaired) electrons. The number of nitrogens with two attached hydrogens (primary N) is 1. The smallest absolute Gasteiger partial charge is 0.327 e. The van der Waals surface area contributed by atoms with Gasteiger partial charge in [-0.05, 0) is 13.1 Å². The molecule has 0 bridgehead atoms. The third kappa shape index (κ3) is 5.52. The number of hydrogen-bond donors (Lipinski definition) is 1. The van der Waals surface area contributed by atoms with Gasteiger partial charge in [0.1, 0.15) is 14.4 Å². The summed E-state index contributed by atoms with van der Waals surface area (Å²) in [5, 5.41) is 0. The van der Waals surface area contributed by atoms with E-state index in [1.807, 2.05) is 0 Å². The largest absolute Gasteiger partial charge is 0.465 e. The molecule has 4 nitrogen and oxygen atoms in total. The van der Waals surface area contributed by atoms with Crippen molar-refractivity contribution in [1.82, 2.24) is 0 Å². The van der Waals surface area contributed by atoms with Crippen LogP contribution in [0.4, 0.5) is 0 Å². The number of aliphatic imine (C=N–C) groups is 1. The van der Waals surface area contributed by atoms with E-state index in [0.29, 0.717) is 12.1 Å². The van der Waals surface area contributed by atoms with Crippen LogP contribution in [-0.4, -0.2) is 33.2 Å². The van der Waals surface area contributed by atoms with E-state index in [2.05, 4.69) is 9.73 Å². The molecule has 0 spiro atoms. The van der Waals surface area contributed by atoms with Gasteiger partial charge in [0.15, 0.2) is 0 Å². The van der Waals surface area contributed by atoms with Gasteiger partial charge in [-0.15, -0.1) is 0 Å². The van der Waals surface area contributed by atoms with Gasteiger partial charge in [-0.3, -0.25) is 9.79 Å². The first-order valence-corrected chi connectivity index (χ1v) is 3.53. The van der Waals surface area contributed by atoms with Crippen molar-refractivity contribution >= 4 is 20.0 Å². The Hall–Kier alpha value is -1.26. The maximum absolute atomic E-state index is 10.7. The Balaban J connectivity index is 3.67. The van der Waals surface area contributed by atoms with Crippen LogP contribution in [0.2, 0.25) is 0 Å². The fraction of sp³-hybridized carbons (Fsp3) is 0.429. The molecule has 5 heteroatoms. The number of ether oxygens (including phenoxy) is 1.